The average molecular weight is 436 g/mol. The van der Waals surface area contributed by atoms with E-state index < -0.39 is 0 Å². The van der Waals surface area contributed by atoms with Crippen LogP contribution in [0.1, 0.15) is 23.1 Å². The number of nitrogens with zero attached hydrogens (tertiary/aromatic N) is 4. The summed E-state index contributed by atoms with van der Waals surface area (Å²) in [4.78, 5) is 24.7. The molecular formula is C26H37N5O. The SMILES string of the molecule is Cc1ccc(CNC(=O)[C@@H]2C[C@H](CN3CCN(C)CC3)CN(Cc3ccncc3)C2)cc1. The van der Waals surface area contributed by atoms with Crippen molar-refractivity contribution in [2.75, 3.05) is 52.9 Å². The predicted octanol–water partition coefficient (Wildman–Crippen LogP) is 2.39. The van der Waals surface area contributed by atoms with E-state index in [1.54, 1.807) is 0 Å². The van der Waals surface area contributed by atoms with Crippen LogP contribution in [0.4, 0.5) is 0 Å². The summed E-state index contributed by atoms with van der Waals surface area (Å²) in [7, 11) is 2.20. The fourth-order valence-corrected chi connectivity index (χ4v) is 4.94. The smallest absolute Gasteiger partial charge is 0.224 e. The molecule has 6 nitrogen and oxygen atoms in total. The standard InChI is InChI=1S/C26H37N5O/c1-21-3-5-22(6-4-21)16-28-26(32)25-15-24(18-30-13-11-29(2)12-14-30)19-31(20-25)17-23-7-9-27-10-8-23/h3-10,24-25H,11-20H2,1-2H3,(H,28,32)/t24-,25-/m1/s1. The number of piperidine rings is 1. The maximum atomic E-state index is 13.1. The van der Waals surface area contributed by atoms with Crippen LogP contribution >= 0.6 is 0 Å². The summed E-state index contributed by atoms with van der Waals surface area (Å²) in [5.41, 5.74) is 3.66. The van der Waals surface area contributed by atoms with Gasteiger partial charge in [0.25, 0.3) is 0 Å². The van der Waals surface area contributed by atoms with E-state index in [2.05, 4.69) is 75.4 Å². The number of benzene rings is 1. The average Bonchev–Trinajstić information content (AvgIpc) is 2.80. The summed E-state index contributed by atoms with van der Waals surface area (Å²) in [6.07, 6.45) is 4.68. The minimum Gasteiger partial charge on any atom is -0.352 e. The monoisotopic (exact) mass is 435 g/mol. The molecule has 32 heavy (non-hydrogen) atoms. The van der Waals surface area contributed by atoms with Crippen LogP contribution < -0.4 is 5.32 Å². The lowest BCUT2D eigenvalue weighted by atomic mass is 9.87. The predicted molar refractivity (Wildman–Crippen MR) is 128 cm³/mol. The first-order valence-corrected chi connectivity index (χ1v) is 11.9. The molecular weight excluding hydrogens is 398 g/mol. The van der Waals surface area contributed by atoms with Gasteiger partial charge < -0.3 is 15.1 Å². The number of carbonyl (C=O) groups excluding carboxylic acids is 1. The van der Waals surface area contributed by atoms with Crippen LogP contribution in [0.15, 0.2) is 48.8 Å². The number of likely N-dealkylation sites (N-methyl/N-ethyl adjacent to an activating group) is 1. The fraction of sp³-hybridized carbons (Fsp3) is 0.538. The summed E-state index contributed by atoms with van der Waals surface area (Å²) in [6.45, 7) is 11.0. The third-order valence-corrected chi connectivity index (χ3v) is 6.84. The molecule has 0 bridgehead atoms. The molecule has 3 heterocycles. The van der Waals surface area contributed by atoms with Gasteiger partial charge in [-0.1, -0.05) is 29.8 Å². The van der Waals surface area contributed by atoms with Gasteiger partial charge in [0.2, 0.25) is 5.91 Å². The Bertz CT molecular complexity index is 848. The highest BCUT2D eigenvalue weighted by Gasteiger charge is 2.32. The third kappa shape index (κ3) is 6.61. The molecule has 2 aromatic rings. The number of nitrogens with one attached hydrogen (secondary N) is 1. The number of piperazine rings is 1. The Kier molecular flexibility index (Phi) is 7.90. The molecule has 0 radical (unpaired) electrons. The van der Waals surface area contributed by atoms with E-state index in [0.717, 1.165) is 64.3 Å². The number of amides is 1. The van der Waals surface area contributed by atoms with Gasteiger partial charge in [0.05, 0.1) is 5.92 Å². The van der Waals surface area contributed by atoms with Gasteiger partial charge in [0.1, 0.15) is 0 Å². The molecule has 2 aliphatic rings. The summed E-state index contributed by atoms with van der Waals surface area (Å²) in [5, 5.41) is 3.21. The van der Waals surface area contributed by atoms with Crippen molar-refractivity contribution < 1.29 is 4.79 Å². The van der Waals surface area contributed by atoms with Gasteiger partial charge in [-0.25, -0.2) is 0 Å². The number of rotatable bonds is 7. The Balaban J connectivity index is 1.38. The molecule has 4 rings (SSSR count). The number of aryl methyl sites for hydroxylation is 1. The first-order valence-electron chi connectivity index (χ1n) is 11.9. The number of hydrogen-bond donors (Lipinski definition) is 1. The molecule has 172 valence electrons. The van der Waals surface area contributed by atoms with Gasteiger partial charge in [-0.05, 0) is 49.6 Å². The van der Waals surface area contributed by atoms with Crippen molar-refractivity contribution in [3.8, 4) is 0 Å². The zero-order valence-corrected chi connectivity index (χ0v) is 19.5. The highest BCUT2D eigenvalue weighted by Crippen LogP contribution is 2.25. The minimum atomic E-state index is 0.0356. The lowest BCUT2D eigenvalue weighted by Crippen LogP contribution is -2.51. The van der Waals surface area contributed by atoms with E-state index in [4.69, 9.17) is 0 Å². The molecule has 2 atom stereocenters. The molecule has 1 N–H and O–H groups in total. The lowest BCUT2D eigenvalue weighted by Gasteiger charge is -2.41. The van der Waals surface area contributed by atoms with Gasteiger partial charge in [-0.2, -0.15) is 0 Å². The van der Waals surface area contributed by atoms with Gasteiger partial charge in [0.15, 0.2) is 0 Å². The van der Waals surface area contributed by atoms with E-state index in [1.807, 2.05) is 12.4 Å². The second-order valence-corrected chi connectivity index (χ2v) is 9.66. The molecule has 2 saturated heterocycles. The molecule has 2 aliphatic heterocycles. The van der Waals surface area contributed by atoms with Crippen LogP contribution in [0.2, 0.25) is 0 Å². The number of likely N-dealkylation sites (tertiary alicyclic amines) is 1. The second kappa shape index (κ2) is 11.0. The van der Waals surface area contributed by atoms with Gasteiger partial charge in [0, 0.05) is 71.3 Å². The Morgan fingerprint density at radius 2 is 1.69 bits per heavy atom. The van der Waals surface area contributed by atoms with Gasteiger partial charge in [-0.15, -0.1) is 0 Å². The Labute approximate surface area is 192 Å². The number of carbonyl (C=O) groups is 1. The lowest BCUT2D eigenvalue weighted by molar-refractivity contribution is -0.128. The van der Waals surface area contributed by atoms with E-state index >= 15 is 0 Å². The van der Waals surface area contributed by atoms with Crippen molar-refractivity contribution in [1.82, 2.24) is 25.0 Å². The molecule has 0 spiro atoms. The van der Waals surface area contributed by atoms with Crippen molar-refractivity contribution in [1.29, 1.82) is 0 Å². The Hall–Kier alpha value is -2.28. The molecule has 0 saturated carbocycles. The highest BCUT2D eigenvalue weighted by atomic mass is 16.1. The Morgan fingerprint density at radius 1 is 0.969 bits per heavy atom. The van der Waals surface area contributed by atoms with Crippen molar-refractivity contribution in [3.63, 3.8) is 0 Å². The summed E-state index contributed by atoms with van der Waals surface area (Å²) >= 11 is 0. The first kappa shape index (κ1) is 22.9. The van der Waals surface area contributed by atoms with E-state index in [0.29, 0.717) is 12.5 Å². The number of hydrogen-bond acceptors (Lipinski definition) is 5. The van der Waals surface area contributed by atoms with Crippen LogP contribution in [0.3, 0.4) is 0 Å². The maximum absolute atomic E-state index is 13.1. The van der Waals surface area contributed by atoms with Crippen molar-refractivity contribution in [3.05, 3.63) is 65.5 Å². The van der Waals surface area contributed by atoms with Crippen molar-refractivity contribution >= 4 is 5.91 Å². The molecule has 1 amide bonds. The molecule has 0 unspecified atom stereocenters. The molecule has 6 heteroatoms. The summed E-state index contributed by atoms with van der Waals surface area (Å²) < 4.78 is 0. The Morgan fingerprint density at radius 3 is 2.41 bits per heavy atom. The number of pyridine rings is 1. The fourth-order valence-electron chi connectivity index (χ4n) is 4.94. The van der Waals surface area contributed by atoms with Crippen LogP contribution in [-0.4, -0.2) is 78.5 Å². The maximum Gasteiger partial charge on any atom is 0.224 e. The van der Waals surface area contributed by atoms with Crippen molar-refractivity contribution in [2.24, 2.45) is 11.8 Å². The summed E-state index contributed by atoms with van der Waals surface area (Å²) in [6, 6.07) is 12.6. The van der Waals surface area contributed by atoms with Gasteiger partial charge in [-0.3, -0.25) is 14.7 Å². The largest absolute Gasteiger partial charge is 0.352 e. The van der Waals surface area contributed by atoms with Crippen LogP contribution in [-0.2, 0) is 17.9 Å². The van der Waals surface area contributed by atoms with Crippen LogP contribution in [0, 0.1) is 18.8 Å². The second-order valence-electron chi connectivity index (χ2n) is 9.66. The molecule has 0 aliphatic carbocycles. The van der Waals surface area contributed by atoms with Crippen molar-refractivity contribution in [2.45, 2.75) is 26.4 Å². The van der Waals surface area contributed by atoms with E-state index in [9.17, 15) is 4.79 Å². The quantitative estimate of drug-likeness (QED) is 0.724. The third-order valence-electron chi connectivity index (χ3n) is 6.84. The molecule has 2 fully saturated rings. The molecule has 1 aromatic heterocycles. The topological polar surface area (TPSA) is 51.7 Å². The van der Waals surface area contributed by atoms with Crippen LogP contribution in [0.5, 0.6) is 0 Å². The van der Waals surface area contributed by atoms with E-state index in [1.165, 1.54) is 11.1 Å². The van der Waals surface area contributed by atoms with Crippen LogP contribution in [0.25, 0.3) is 0 Å². The molecule has 1 aromatic carbocycles. The first-order chi connectivity index (χ1) is 15.5. The van der Waals surface area contributed by atoms with E-state index in [-0.39, 0.29) is 11.8 Å². The van der Waals surface area contributed by atoms with Gasteiger partial charge >= 0.3 is 0 Å². The summed E-state index contributed by atoms with van der Waals surface area (Å²) in [5.74, 6) is 0.742. The zero-order chi connectivity index (χ0) is 22.3. The zero-order valence-electron chi connectivity index (χ0n) is 19.5. The minimum absolute atomic E-state index is 0.0356. The highest BCUT2D eigenvalue weighted by molar-refractivity contribution is 5.79. The number of aromatic nitrogens is 1. The normalized spacial score (nSPS) is 23.2.